The molecule has 0 saturated heterocycles. The van der Waals surface area contributed by atoms with Crippen LogP contribution in [0.25, 0.3) is 5.57 Å². The lowest BCUT2D eigenvalue weighted by Crippen LogP contribution is -2.12. The summed E-state index contributed by atoms with van der Waals surface area (Å²) in [6.45, 7) is 5.40. The SMILES string of the molecule is C/C(=N\OCCCO)C1=CCNc2ccc(C)cc21. The highest BCUT2D eigenvalue weighted by Gasteiger charge is 2.14. The Morgan fingerprint density at radius 3 is 3.11 bits per heavy atom. The Kier molecular flexibility index (Phi) is 4.58. The van der Waals surface area contributed by atoms with Gasteiger partial charge in [-0.25, -0.2) is 0 Å². The quantitative estimate of drug-likeness (QED) is 0.486. The second-order valence-corrected chi connectivity index (χ2v) is 4.63. The van der Waals surface area contributed by atoms with Gasteiger partial charge in [0.1, 0.15) is 6.61 Å². The van der Waals surface area contributed by atoms with E-state index in [0.717, 1.165) is 23.5 Å². The van der Waals surface area contributed by atoms with Crippen LogP contribution >= 0.6 is 0 Å². The third-order valence-electron chi connectivity index (χ3n) is 3.05. The molecule has 1 aromatic rings. The van der Waals surface area contributed by atoms with Gasteiger partial charge in [-0.05, 0) is 26.0 Å². The van der Waals surface area contributed by atoms with Gasteiger partial charge in [-0.2, -0.15) is 0 Å². The molecule has 4 nitrogen and oxygen atoms in total. The van der Waals surface area contributed by atoms with Gasteiger partial charge < -0.3 is 15.3 Å². The molecule has 0 aromatic heterocycles. The van der Waals surface area contributed by atoms with Crippen LogP contribution in [0.1, 0.15) is 24.5 Å². The van der Waals surface area contributed by atoms with Crippen LogP contribution in [0.3, 0.4) is 0 Å². The predicted molar refractivity (Wildman–Crippen MR) is 78.4 cm³/mol. The number of hydrogen-bond donors (Lipinski definition) is 2. The number of nitrogens with zero attached hydrogens (tertiary/aromatic N) is 1. The zero-order chi connectivity index (χ0) is 13.7. The highest BCUT2D eigenvalue weighted by molar-refractivity contribution is 6.24. The van der Waals surface area contributed by atoms with E-state index in [1.54, 1.807) is 0 Å². The average molecular weight is 260 g/mol. The predicted octanol–water partition coefficient (Wildman–Crippen LogP) is 2.58. The standard InChI is InChI=1S/C15H20N2O2/c1-11-4-5-15-14(10-11)13(6-7-16-15)12(2)17-19-9-3-8-18/h4-6,10,16,18H,3,7-9H2,1-2H3/b17-12+. The largest absolute Gasteiger partial charge is 0.396 e. The minimum absolute atomic E-state index is 0.128. The molecule has 0 aliphatic carbocycles. The molecular formula is C15H20N2O2. The average Bonchev–Trinajstić information content (AvgIpc) is 2.42. The number of aliphatic hydroxyl groups is 1. The first kappa shape index (κ1) is 13.6. The number of anilines is 1. The van der Waals surface area contributed by atoms with Crippen molar-refractivity contribution in [2.45, 2.75) is 20.3 Å². The first-order valence-electron chi connectivity index (χ1n) is 6.55. The molecule has 19 heavy (non-hydrogen) atoms. The van der Waals surface area contributed by atoms with Crippen LogP contribution in [0.15, 0.2) is 29.4 Å². The van der Waals surface area contributed by atoms with Crippen LogP contribution in [-0.2, 0) is 4.84 Å². The smallest absolute Gasteiger partial charge is 0.119 e. The number of hydrogen-bond acceptors (Lipinski definition) is 4. The van der Waals surface area contributed by atoms with Gasteiger partial charge in [-0.1, -0.05) is 22.9 Å². The van der Waals surface area contributed by atoms with Crippen LogP contribution < -0.4 is 5.32 Å². The number of aliphatic hydroxyl groups excluding tert-OH is 1. The summed E-state index contributed by atoms with van der Waals surface area (Å²) in [5.41, 5.74) is 5.50. The number of rotatable bonds is 5. The summed E-state index contributed by atoms with van der Waals surface area (Å²) in [4.78, 5) is 5.20. The first-order valence-corrected chi connectivity index (χ1v) is 6.55. The highest BCUT2D eigenvalue weighted by Crippen LogP contribution is 2.29. The molecule has 102 valence electrons. The van der Waals surface area contributed by atoms with Crippen molar-refractivity contribution in [3.05, 3.63) is 35.4 Å². The Hall–Kier alpha value is -1.81. The summed E-state index contributed by atoms with van der Waals surface area (Å²) >= 11 is 0. The number of nitrogens with one attached hydrogen (secondary N) is 1. The van der Waals surface area contributed by atoms with E-state index < -0.39 is 0 Å². The second-order valence-electron chi connectivity index (χ2n) is 4.63. The third-order valence-corrected chi connectivity index (χ3v) is 3.05. The fraction of sp³-hybridized carbons (Fsp3) is 0.400. The lowest BCUT2D eigenvalue weighted by molar-refractivity contribution is 0.124. The third kappa shape index (κ3) is 3.35. The molecule has 0 saturated carbocycles. The zero-order valence-electron chi connectivity index (χ0n) is 11.4. The molecule has 2 N–H and O–H groups in total. The first-order chi connectivity index (χ1) is 9.22. The fourth-order valence-corrected chi connectivity index (χ4v) is 2.07. The molecule has 0 spiro atoms. The number of aryl methyl sites for hydroxylation is 1. The molecule has 0 atom stereocenters. The number of allylic oxidation sites excluding steroid dienone is 1. The maximum absolute atomic E-state index is 8.69. The van der Waals surface area contributed by atoms with E-state index in [2.05, 4.69) is 41.7 Å². The lowest BCUT2D eigenvalue weighted by atomic mass is 9.95. The maximum atomic E-state index is 8.69. The summed E-state index contributed by atoms with van der Waals surface area (Å²) in [5.74, 6) is 0. The molecule has 2 rings (SSSR count). The van der Waals surface area contributed by atoms with Gasteiger partial charge in [0.05, 0.1) is 5.71 Å². The van der Waals surface area contributed by atoms with Gasteiger partial charge in [0.25, 0.3) is 0 Å². The molecule has 0 bridgehead atoms. The molecule has 0 fully saturated rings. The van der Waals surface area contributed by atoms with Gasteiger partial charge in [0, 0.05) is 36.4 Å². The molecule has 1 aromatic carbocycles. The molecule has 0 unspecified atom stereocenters. The van der Waals surface area contributed by atoms with Crippen LogP contribution in [0.5, 0.6) is 0 Å². The monoisotopic (exact) mass is 260 g/mol. The van der Waals surface area contributed by atoms with Crippen LogP contribution in [0, 0.1) is 6.92 Å². The molecule has 1 aliphatic rings. The van der Waals surface area contributed by atoms with Crippen molar-refractivity contribution in [2.24, 2.45) is 5.16 Å². The number of oxime groups is 1. The highest BCUT2D eigenvalue weighted by atomic mass is 16.6. The van der Waals surface area contributed by atoms with Crippen molar-refractivity contribution in [3.8, 4) is 0 Å². The Labute approximate surface area is 113 Å². The minimum atomic E-state index is 0.128. The van der Waals surface area contributed by atoms with Gasteiger partial charge >= 0.3 is 0 Å². The molecule has 4 heteroatoms. The molecular weight excluding hydrogens is 240 g/mol. The van der Waals surface area contributed by atoms with Crippen molar-refractivity contribution in [1.82, 2.24) is 0 Å². The van der Waals surface area contributed by atoms with E-state index in [0.29, 0.717) is 13.0 Å². The van der Waals surface area contributed by atoms with Crippen molar-refractivity contribution >= 4 is 17.0 Å². The van der Waals surface area contributed by atoms with E-state index in [9.17, 15) is 0 Å². The summed E-state index contributed by atoms with van der Waals surface area (Å²) < 4.78 is 0. The summed E-state index contributed by atoms with van der Waals surface area (Å²) in [6, 6.07) is 6.34. The normalized spacial score (nSPS) is 14.5. The molecule has 1 aliphatic heterocycles. The van der Waals surface area contributed by atoms with Gasteiger partial charge in [0.15, 0.2) is 0 Å². The topological polar surface area (TPSA) is 53.9 Å². The fourth-order valence-electron chi connectivity index (χ4n) is 2.07. The molecule has 1 heterocycles. The van der Waals surface area contributed by atoms with Crippen LogP contribution in [0.2, 0.25) is 0 Å². The number of fused-ring (bicyclic) bond motifs is 1. The number of benzene rings is 1. The second kappa shape index (κ2) is 6.38. The van der Waals surface area contributed by atoms with Crippen LogP contribution in [-0.4, -0.2) is 30.6 Å². The minimum Gasteiger partial charge on any atom is -0.396 e. The van der Waals surface area contributed by atoms with E-state index in [4.69, 9.17) is 9.94 Å². The Morgan fingerprint density at radius 1 is 1.47 bits per heavy atom. The van der Waals surface area contributed by atoms with E-state index in [1.165, 1.54) is 11.1 Å². The van der Waals surface area contributed by atoms with Crippen LogP contribution in [0.4, 0.5) is 5.69 Å². The maximum Gasteiger partial charge on any atom is 0.119 e. The molecule has 0 amide bonds. The Morgan fingerprint density at radius 2 is 2.32 bits per heavy atom. The Balaban J connectivity index is 2.17. The van der Waals surface area contributed by atoms with Crippen molar-refractivity contribution in [3.63, 3.8) is 0 Å². The lowest BCUT2D eigenvalue weighted by Gasteiger charge is -2.19. The van der Waals surface area contributed by atoms with Crippen molar-refractivity contribution in [1.29, 1.82) is 0 Å². The van der Waals surface area contributed by atoms with Gasteiger partial charge in [0.2, 0.25) is 0 Å². The van der Waals surface area contributed by atoms with Crippen molar-refractivity contribution < 1.29 is 9.94 Å². The van der Waals surface area contributed by atoms with Gasteiger partial charge in [-0.15, -0.1) is 0 Å². The molecule has 0 radical (unpaired) electrons. The van der Waals surface area contributed by atoms with Crippen molar-refractivity contribution in [2.75, 3.05) is 25.1 Å². The summed E-state index contributed by atoms with van der Waals surface area (Å²) in [5, 5.41) is 16.2. The van der Waals surface area contributed by atoms with E-state index in [1.807, 2.05) is 6.92 Å². The summed E-state index contributed by atoms with van der Waals surface area (Å²) in [6.07, 6.45) is 2.73. The van der Waals surface area contributed by atoms with E-state index >= 15 is 0 Å². The Bertz CT molecular complexity index is 507. The van der Waals surface area contributed by atoms with Gasteiger partial charge in [-0.3, -0.25) is 0 Å². The summed E-state index contributed by atoms with van der Waals surface area (Å²) in [7, 11) is 0. The zero-order valence-corrected chi connectivity index (χ0v) is 11.4. The van der Waals surface area contributed by atoms with E-state index in [-0.39, 0.29) is 6.61 Å².